The Morgan fingerprint density at radius 1 is 1.46 bits per heavy atom. The molecule has 0 aromatic heterocycles. The predicted molar refractivity (Wildman–Crippen MR) is 47.2 cm³/mol. The van der Waals surface area contributed by atoms with Gasteiger partial charge in [-0.2, -0.15) is 0 Å². The number of carboxylic acids is 1. The minimum Gasteiger partial charge on any atom is -0.479 e. The summed E-state index contributed by atoms with van der Waals surface area (Å²) in [5.74, 6) is -0.461. The van der Waals surface area contributed by atoms with Crippen LogP contribution in [0.2, 0.25) is 0 Å². The van der Waals surface area contributed by atoms with Gasteiger partial charge in [-0.25, -0.2) is 4.79 Å². The number of carboxylic acid groups (broad SMARTS) is 1. The average molecular weight is 184 g/mol. The van der Waals surface area contributed by atoms with Crippen LogP contribution in [0.5, 0.6) is 0 Å². The zero-order valence-corrected chi connectivity index (χ0v) is 8.08. The first-order valence-corrected chi connectivity index (χ1v) is 4.85. The molecule has 3 heteroatoms. The van der Waals surface area contributed by atoms with Crippen LogP contribution in [0, 0.1) is 17.3 Å². The Morgan fingerprint density at radius 2 is 2.08 bits per heavy atom. The third kappa shape index (κ3) is 0.909. The zero-order chi connectivity index (χ0) is 9.85. The SMILES string of the molecule is CC1(C)[C@H]2CC[C@@](O)(C(=O)O)[C@@H]1C2. The van der Waals surface area contributed by atoms with Crippen molar-refractivity contribution in [2.45, 2.75) is 38.7 Å². The maximum absolute atomic E-state index is 10.9. The first-order valence-electron chi connectivity index (χ1n) is 4.85. The van der Waals surface area contributed by atoms with E-state index in [2.05, 4.69) is 13.8 Å². The minimum atomic E-state index is -1.45. The van der Waals surface area contributed by atoms with Crippen LogP contribution in [-0.2, 0) is 4.79 Å². The fourth-order valence-electron chi connectivity index (χ4n) is 3.14. The molecule has 0 radical (unpaired) electrons. The molecule has 2 N–H and O–H groups in total. The first-order chi connectivity index (χ1) is 5.89. The Balaban J connectivity index is 2.29. The fourth-order valence-corrected chi connectivity index (χ4v) is 3.14. The van der Waals surface area contributed by atoms with Crippen molar-refractivity contribution in [3.05, 3.63) is 0 Å². The molecular formula is C10H16O3. The van der Waals surface area contributed by atoms with Crippen LogP contribution in [0.1, 0.15) is 33.1 Å². The lowest BCUT2D eigenvalue weighted by molar-refractivity contribution is -0.217. The van der Waals surface area contributed by atoms with Crippen molar-refractivity contribution in [2.24, 2.45) is 17.3 Å². The van der Waals surface area contributed by atoms with E-state index in [-0.39, 0.29) is 11.3 Å². The van der Waals surface area contributed by atoms with E-state index in [9.17, 15) is 9.90 Å². The highest BCUT2D eigenvalue weighted by Gasteiger charge is 2.63. The molecule has 0 heterocycles. The molecule has 3 nitrogen and oxygen atoms in total. The highest BCUT2D eigenvalue weighted by Crippen LogP contribution is 2.62. The Kier molecular flexibility index (Phi) is 1.57. The Bertz CT molecular complexity index is 257. The molecule has 3 atom stereocenters. The average Bonchev–Trinajstić information content (AvgIpc) is 2.03. The van der Waals surface area contributed by atoms with Crippen molar-refractivity contribution < 1.29 is 15.0 Å². The van der Waals surface area contributed by atoms with Gasteiger partial charge in [0, 0.05) is 5.92 Å². The van der Waals surface area contributed by atoms with Gasteiger partial charge in [0.2, 0.25) is 0 Å². The number of aliphatic carboxylic acids is 1. The summed E-state index contributed by atoms with van der Waals surface area (Å²) in [6, 6.07) is 0. The van der Waals surface area contributed by atoms with Crippen LogP contribution in [-0.4, -0.2) is 21.8 Å². The number of rotatable bonds is 1. The molecule has 3 aliphatic carbocycles. The van der Waals surface area contributed by atoms with Crippen LogP contribution >= 0.6 is 0 Å². The molecule has 3 saturated carbocycles. The summed E-state index contributed by atoms with van der Waals surface area (Å²) >= 11 is 0. The van der Waals surface area contributed by atoms with E-state index in [1.807, 2.05) is 0 Å². The second-order valence-electron chi connectivity index (χ2n) is 5.07. The minimum absolute atomic E-state index is 0.0192. The van der Waals surface area contributed by atoms with Gasteiger partial charge in [-0.15, -0.1) is 0 Å². The van der Waals surface area contributed by atoms with E-state index in [1.165, 1.54) is 0 Å². The highest BCUT2D eigenvalue weighted by molar-refractivity contribution is 5.78. The van der Waals surface area contributed by atoms with Crippen LogP contribution in [0.15, 0.2) is 0 Å². The maximum Gasteiger partial charge on any atom is 0.335 e. The second-order valence-corrected chi connectivity index (χ2v) is 5.07. The van der Waals surface area contributed by atoms with Gasteiger partial charge in [0.1, 0.15) is 0 Å². The largest absolute Gasteiger partial charge is 0.479 e. The summed E-state index contributed by atoms with van der Waals surface area (Å²) in [6.45, 7) is 4.14. The van der Waals surface area contributed by atoms with E-state index in [1.54, 1.807) is 0 Å². The summed E-state index contributed by atoms with van der Waals surface area (Å²) in [4.78, 5) is 10.9. The van der Waals surface area contributed by atoms with Crippen molar-refractivity contribution in [1.82, 2.24) is 0 Å². The number of carbonyl (C=O) groups is 1. The monoisotopic (exact) mass is 184 g/mol. The Labute approximate surface area is 77.8 Å². The summed E-state index contributed by atoms with van der Waals surface area (Å²) in [5, 5.41) is 19.0. The lowest BCUT2D eigenvalue weighted by atomic mass is 9.44. The lowest BCUT2D eigenvalue weighted by Crippen LogP contribution is -2.64. The Hall–Kier alpha value is -0.570. The standard InChI is InChI=1S/C10H16O3/c1-9(2)6-3-4-10(13,8(11)12)7(9)5-6/h6-7,13H,3-5H2,1-2H3,(H,11,12)/t6-,7+,10-/m0/s1. The molecule has 13 heavy (non-hydrogen) atoms. The number of fused-ring (bicyclic) bond motifs is 2. The van der Waals surface area contributed by atoms with Crippen molar-refractivity contribution in [2.75, 3.05) is 0 Å². The summed E-state index contributed by atoms with van der Waals surface area (Å²) in [6.07, 6.45) is 2.17. The van der Waals surface area contributed by atoms with Gasteiger partial charge < -0.3 is 10.2 Å². The van der Waals surface area contributed by atoms with Crippen molar-refractivity contribution in [3.8, 4) is 0 Å². The maximum atomic E-state index is 10.9. The van der Waals surface area contributed by atoms with Gasteiger partial charge >= 0.3 is 5.97 Å². The van der Waals surface area contributed by atoms with Gasteiger partial charge in [0.25, 0.3) is 0 Å². The lowest BCUT2D eigenvalue weighted by Gasteiger charge is -2.61. The normalized spacial score (nSPS) is 46.7. The van der Waals surface area contributed by atoms with Crippen molar-refractivity contribution >= 4 is 5.97 Å². The van der Waals surface area contributed by atoms with E-state index in [0.717, 1.165) is 12.8 Å². The van der Waals surface area contributed by atoms with E-state index in [4.69, 9.17) is 5.11 Å². The number of hydrogen-bond donors (Lipinski definition) is 2. The van der Waals surface area contributed by atoms with Crippen LogP contribution in [0.25, 0.3) is 0 Å². The van der Waals surface area contributed by atoms with Gasteiger partial charge in [-0.05, 0) is 30.6 Å². The second kappa shape index (κ2) is 2.27. The molecule has 0 spiro atoms. The quantitative estimate of drug-likeness (QED) is 0.645. The summed E-state index contributed by atoms with van der Waals surface area (Å²) in [7, 11) is 0. The van der Waals surface area contributed by atoms with Gasteiger partial charge in [-0.3, -0.25) is 0 Å². The van der Waals surface area contributed by atoms with E-state index >= 15 is 0 Å². The molecule has 0 aromatic carbocycles. The van der Waals surface area contributed by atoms with Crippen molar-refractivity contribution in [3.63, 3.8) is 0 Å². The smallest absolute Gasteiger partial charge is 0.335 e. The van der Waals surface area contributed by atoms with Crippen LogP contribution < -0.4 is 0 Å². The topological polar surface area (TPSA) is 57.5 Å². The van der Waals surface area contributed by atoms with Gasteiger partial charge in [-0.1, -0.05) is 13.8 Å². The number of hydrogen-bond acceptors (Lipinski definition) is 2. The summed E-state index contributed by atoms with van der Waals surface area (Å²) in [5.41, 5.74) is -1.43. The third-order valence-corrected chi connectivity index (χ3v) is 4.29. The molecule has 3 aliphatic rings. The van der Waals surface area contributed by atoms with Crippen LogP contribution in [0.3, 0.4) is 0 Å². The van der Waals surface area contributed by atoms with Gasteiger partial charge in [0.15, 0.2) is 5.60 Å². The summed E-state index contributed by atoms with van der Waals surface area (Å²) < 4.78 is 0. The molecule has 2 bridgehead atoms. The zero-order valence-electron chi connectivity index (χ0n) is 8.08. The molecule has 0 aromatic rings. The molecule has 0 amide bonds. The molecule has 74 valence electrons. The van der Waals surface area contributed by atoms with Crippen molar-refractivity contribution in [1.29, 1.82) is 0 Å². The van der Waals surface area contributed by atoms with E-state index < -0.39 is 11.6 Å². The third-order valence-electron chi connectivity index (χ3n) is 4.29. The number of aliphatic hydroxyl groups is 1. The fraction of sp³-hybridized carbons (Fsp3) is 0.900. The van der Waals surface area contributed by atoms with E-state index in [0.29, 0.717) is 12.3 Å². The first kappa shape index (κ1) is 9.00. The van der Waals surface area contributed by atoms with Gasteiger partial charge in [0.05, 0.1) is 0 Å². The van der Waals surface area contributed by atoms with Crippen LogP contribution in [0.4, 0.5) is 0 Å². The predicted octanol–water partition coefficient (Wildman–Crippen LogP) is 1.26. The molecular weight excluding hydrogens is 168 g/mol. The molecule has 0 saturated heterocycles. The molecule has 3 fully saturated rings. The highest BCUT2D eigenvalue weighted by atomic mass is 16.4. The molecule has 0 aliphatic heterocycles. The molecule has 0 unspecified atom stereocenters. The Morgan fingerprint density at radius 3 is 2.38 bits per heavy atom. The molecule has 3 rings (SSSR count).